The first-order valence-electron chi connectivity index (χ1n) is 4.75. The second-order valence-electron chi connectivity index (χ2n) is 4.13. The molecule has 6 heteroatoms. The van der Waals surface area contributed by atoms with Gasteiger partial charge in [-0.15, -0.1) is 0 Å². The summed E-state index contributed by atoms with van der Waals surface area (Å²) in [6.45, 7) is 3.39. The molecule has 1 aromatic rings. The molecule has 2 N–H and O–H groups in total. The van der Waals surface area contributed by atoms with Crippen LogP contribution in [0.15, 0.2) is 6.20 Å². The Morgan fingerprint density at radius 1 is 1.47 bits per heavy atom. The van der Waals surface area contributed by atoms with E-state index >= 15 is 0 Å². The van der Waals surface area contributed by atoms with Crippen molar-refractivity contribution in [1.82, 2.24) is 15.3 Å². The molecule has 2 rings (SSSR count). The molecule has 2 heterocycles. The smallest absolute Gasteiger partial charge is 0.338 e. The van der Waals surface area contributed by atoms with Crippen molar-refractivity contribution in [3.05, 3.63) is 17.7 Å². The fourth-order valence-electron chi connectivity index (χ4n) is 1.79. The number of aromatic nitrogens is 2. The number of nitrogens with zero attached hydrogens (tertiary/aromatic N) is 1. The van der Waals surface area contributed by atoms with Gasteiger partial charge >= 0.3 is 6.18 Å². The maximum atomic E-state index is 12.3. The maximum absolute atomic E-state index is 12.3. The average Bonchev–Trinajstić information content (AvgIpc) is 2.69. The molecule has 1 atom stereocenters. The molecule has 0 radical (unpaired) electrons. The lowest BCUT2D eigenvalue weighted by atomic mass is 9.89. The van der Waals surface area contributed by atoms with Gasteiger partial charge in [-0.05, 0) is 13.0 Å². The first-order valence-corrected chi connectivity index (χ1v) is 4.75. The number of halogens is 3. The zero-order valence-electron chi connectivity index (χ0n) is 8.28. The summed E-state index contributed by atoms with van der Waals surface area (Å²) in [4.78, 5) is 6.18. The van der Waals surface area contributed by atoms with Gasteiger partial charge in [-0.2, -0.15) is 13.2 Å². The van der Waals surface area contributed by atoms with Crippen LogP contribution >= 0.6 is 0 Å². The van der Waals surface area contributed by atoms with Crippen LogP contribution in [0.5, 0.6) is 0 Å². The van der Waals surface area contributed by atoms with E-state index in [0.29, 0.717) is 12.4 Å². The summed E-state index contributed by atoms with van der Waals surface area (Å²) >= 11 is 0. The number of rotatable bonds is 1. The molecule has 1 saturated heterocycles. The van der Waals surface area contributed by atoms with Gasteiger partial charge in [0.25, 0.3) is 0 Å². The number of H-pyrrole nitrogens is 1. The molecule has 15 heavy (non-hydrogen) atoms. The second-order valence-corrected chi connectivity index (χ2v) is 4.13. The van der Waals surface area contributed by atoms with Crippen LogP contribution < -0.4 is 5.32 Å². The lowest BCUT2D eigenvalue weighted by molar-refractivity contribution is -0.141. The molecule has 1 fully saturated rings. The van der Waals surface area contributed by atoms with E-state index in [9.17, 15) is 13.2 Å². The molecule has 0 saturated carbocycles. The van der Waals surface area contributed by atoms with Crippen LogP contribution in [0.3, 0.4) is 0 Å². The summed E-state index contributed by atoms with van der Waals surface area (Å²) in [6.07, 6.45) is -2.68. The zero-order chi connectivity index (χ0) is 11.1. The monoisotopic (exact) mass is 219 g/mol. The molecule has 0 aromatic carbocycles. The van der Waals surface area contributed by atoms with E-state index in [2.05, 4.69) is 15.3 Å². The molecule has 0 bridgehead atoms. The van der Waals surface area contributed by atoms with Crippen LogP contribution in [-0.4, -0.2) is 23.1 Å². The normalized spacial score (nSPS) is 27.2. The third kappa shape index (κ3) is 1.86. The third-order valence-corrected chi connectivity index (χ3v) is 2.82. The molecule has 0 amide bonds. The fourth-order valence-corrected chi connectivity index (χ4v) is 1.79. The SMILES string of the molecule is CC1(c2ncc(C(F)(F)F)[nH]2)CCNC1. The predicted molar refractivity (Wildman–Crippen MR) is 48.4 cm³/mol. The molecule has 1 aromatic heterocycles. The standard InChI is InChI=1S/C9H12F3N3/c1-8(2-3-13-5-8)7-14-4-6(15-7)9(10,11)12/h4,13H,2-3,5H2,1H3,(H,14,15). The largest absolute Gasteiger partial charge is 0.432 e. The molecular weight excluding hydrogens is 207 g/mol. The molecule has 3 nitrogen and oxygen atoms in total. The van der Waals surface area contributed by atoms with Gasteiger partial charge in [0.15, 0.2) is 0 Å². The van der Waals surface area contributed by atoms with Gasteiger partial charge in [0, 0.05) is 12.0 Å². The minimum atomic E-state index is -4.34. The van der Waals surface area contributed by atoms with E-state index in [1.54, 1.807) is 0 Å². The summed E-state index contributed by atoms with van der Waals surface area (Å²) in [5.74, 6) is 0.417. The molecule has 1 aliphatic heterocycles. The Bertz CT molecular complexity index is 350. The minimum Gasteiger partial charge on any atom is -0.338 e. The summed E-state index contributed by atoms with van der Waals surface area (Å²) in [5, 5.41) is 3.12. The van der Waals surface area contributed by atoms with Crippen molar-refractivity contribution < 1.29 is 13.2 Å². The number of hydrogen-bond acceptors (Lipinski definition) is 2. The number of imidazole rings is 1. The van der Waals surface area contributed by atoms with E-state index in [0.717, 1.165) is 19.2 Å². The number of hydrogen-bond donors (Lipinski definition) is 2. The first-order chi connectivity index (χ1) is 6.92. The quantitative estimate of drug-likeness (QED) is 0.754. The van der Waals surface area contributed by atoms with Gasteiger partial charge in [0.1, 0.15) is 11.5 Å². The summed E-state index contributed by atoms with van der Waals surface area (Å²) < 4.78 is 37.0. The molecule has 0 spiro atoms. The van der Waals surface area contributed by atoms with Crippen LogP contribution in [0.1, 0.15) is 24.9 Å². The lowest BCUT2D eigenvalue weighted by Gasteiger charge is -2.19. The zero-order valence-corrected chi connectivity index (χ0v) is 8.28. The van der Waals surface area contributed by atoms with Gasteiger partial charge in [-0.25, -0.2) is 4.98 Å². The summed E-state index contributed by atoms with van der Waals surface area (Å²) in [7, 11) is 0. The highest BCUT2D eigenvalue weighted by atomic mass is 19.4. The topological polar surface area (TPSA) is 40.7 Å². The molecule has 0 aliphatic carbocycles. The third-order valence-electron chi connectivity index (χ3n) is 2.82. The Morgan fingerprint density at radius 3 is 2.67 bits per heavy atom. The van der Waals surface area contributed by atoms with Crippen LogP contribution in [0.2, 0.25) is 0 Å². The number of nitrogens with one attached hydrogen (secondary N) is 2. The highest BCUT2D eigenvalue weighted by Crippen LogP contribution is 2.32. The molecule has 84 valence electrons. The average molecular weight is 219 g/mol. The van der Waals surface area contributed by atoms with Gasteiger partial charge in [0.05, 0.1) is 6.20 Å². The Labute approximate surface area is 85.1 Å². The molecule has 1 aliphatic rings. The van der Waals surface area contributed by atoms with Crippen LogP contribution in [0.4, 0.5) is 13.2 Å². The van der Waals surface area contributed by atoms with Gasteiger partial charge < -0.3 is 10.3 Å². The molecule has 1 unspecified atom stereocenters. The number of alkyl halides is 3. The molecular formula is C9H12F3N3. The van der Waals surface area contributed by atoms with Crippen LogP contribution in [0, 0.1) is 0 Å². The second kappa shape index (κ2) is 3.23. The van der Waals surface area contributed by atoms with Crippen molar-refractivity contribution in [3.8, 4) is 0 Å². The van der Waals surface area contributed by atoms with E-state index in [1.807, 2.05) is 6.92 Å². The minimum absolute atomic E-state index is 0.302. The van der Waals surface area contributed by atoms with Gasteiger partial charge in [-0.3, -0.25) is 0 Å². The van der Waals surface area contributed by atoms with Crippen molar-refractivity contribution in [3.63, 3.8) is 0 Å². The fraction of sp³-hybridized carbons (Fsp3) is 0.667. The van der Waals surface area contributed by atoms with Crippen molar-refractivity contribution in [2.45, 2.75) is 24.9 Å². The number of aromatic amines is 1. The van der Waals surface area contributed by atoms with Crippen molar-refractivity contribution in [2.75, 3.05) is 13.1 Å². The van der Waals surface area contributed by atoms with Gasteiger partial charge in [-0.1, -0.05) is 6.92 Å². The Morgan fingerprint density at radius 2 is 2.20 bits per heavy atom. The Hall–Kier alpha value is -1.04. The van der Waals surface area contributed by atoms with E-state index in [1.165, 1.54) is 0 Å². The van der Waals surface area contributed by atoms with Crippen molar-refractivity contribution >= 4 is 0 Å². The maximum Gasteiger partial charge on any atom is 0.432 e. The highest BCUT2D eigenvalue weighted by molar-refractivity contribution is 5.15. The van der Waals surface area contributed by atoms with Gasteiger partial charge in [0.2, 0.25) is 0 Å². The Kier molecular flexibility index (Phi) is 2.26. The van der Waals surface area contributed by atoms with Crippen LogP contribution in [0.25, 0.3) is 0 Å². The Balaban J connectivity index is 2.27. The van der Waals surface area contributed by atoms with E-state index in [-0.39, 0.29) is 5.41 Å². The summed E-state index contributed by atoms with van der Waals surface area (Å²) in [5.41, 5.74) is -1.07. The first kappa shape index (κ1) is 10.5. The predicted octanol–water partition coefficient (Wildman–Crippen LogP) is 1.68. The summed E-state index contributed by atoms with van der Waals surface area (Å²) in [6, 6.07) is 0. The van der Waals surface area contributed by atoms with Crippen LogP contribution in [-0.2, 0) is 11.6 Å². The van der Waals surface area contributed by atoms with E-state index in [4.69, 9.17) is 0 Å². The lowest BCUT2D eigenvalue weighted by Crippen LogP contribution is -2.26. The highest BCUT2D eigenvalue weighted by Gasteiger charge is 2.38. The van der Waals surface area contributed by atoms with E-state index < -0.39 is 11.9 Å². The van der Waals surface area contributed by atoms with Crippen molar-refractivity contribution in [1.29, 1.82) is 0 Å². The van der Waals surface area contributed by atoms with Crippen molar-refractivity contribution in [2.24, 2.45) is 0 Å².